The molecule has 2 unspecified atom stereocenters. The van der Waals surface area contributed by atoms with E-state index in [0.29, 0.717) is 41.6 Å². The SMILES string of the molecule is N#CC1(C#N)C=CC(N(Cl)CNc2ccccc2)=C(N)C1.NC1=C(Cl)C([N+](=O)[O-])([N+](=O)[O-])C(CNc2ccccc2)C=C1.O=[N+]([O-])C1([N+](=O)[O-])C(Cl)=C(Nc2cccc(C(F)(F)F)c2)C(Cl)(CNc2ccccc2)C(Cl)=C1Nc1ccccc1C(F)(F)F. The Morgan fingerprint density at radius 2 is 1.14 bits per heavy atom. The van der Waals surface area contributed by atoms with Gasteiger partial charge < -0.3 is 38.1 Å². The van der Waals surface area contributed by atoms with Crippen molar-refractivity contribution in [2.24, 2.45) is 22.8 Å². The Morgan fingerprint density at radius 1 is 0.625 bits per heavy atom. The van der Waals surface area contributed by atoms with Gasteiger partial charge in [-0.1, -0.05) is 114 Å². The van der Waals surface area contributed by atoms with Crippen molar-refractivity contribution in [3.63, 3.8) is 0 Å². The highest BCUT2D eigenvalue weighted by Crippen LogP contribution is 2.53. The monoisotopic (exact) mass is 1320 g/mol. The van der Waals surface area contributed by atoms with E-state index >= 15 is 0 Å². The molecule has 3 aliphatic carbocycles. The number of hydrogen-bond donors (Lipinski definition) is 7. The number of nitrogens with two attached hydrogens (primary N) is 2. The maximum atomic E-state index is 13.8. The van der Waals surface area contributed by atoms with E-state index in [2.05, 4.69) is 26.6 Å². The second-order valence-corrected chi connectivity index (χ2v) is 21.0. The number of hydrogen-bond acceptors (Lipinski definition) is 18. The molecule has 88 heavy (non-hydrogen) atoms. The first-order chi connectivity index (χ1) is 41.4. The van der Waals surface area contributed by atoms with Crippen LogP contribution in [0.4, 0.5) is 54.8 Å². The van der Waals surface area contributed by atoms with Crippen molar-refractivity contribution >= 4 is 86.6 Å². The lowest BCUT2D eigenvalue weighted by Crippen LogP contribution is -2.57. The molecule has 0 radical (unpaired) electrons. The van der Waals surface area contributed by atoms with Crippen LogP contribution in [0, 0.1) is 74.5 Å². The number of alkyl halides is 7. The van der Waals surface area contributed by atoms with Crippen LogP contribution in [0.15, 0.2) is 207 Å². The summed E-state index contributed by atoms with van der Waals surface area (Å²) in [6, 6.07) is 37.4. The Morgan fingerprint density at radius 3 is 1.64 bits per heavy atom. The molecule has 0 amide bonds. The summed E-state index contributed by atoms with van der Waals surface area (Å²) in [6.07, 6.45) is -3.86. The highest BCUT2D eigenvalue weighted by molar-refractivity contribution is 6.44. The van der Waals surface area contributed by atoms with Crippen LogP contribution in [0.25, 0.3) is 0 Å². The van der Waals surface area contributed by atoms with Crippen LogP contribution in [0.5, 0.6) is 0 Å². The summed E-state index contributed by atoms with van der Waals surface area (Å²) < 4.78 is 83.3. The standard InChI is InChI=1S/C27H18Cl3F6N5O4.C15H14ClN5.C13H13ClN4O4/c28-20-23(39-19-12-5-4-11-18(19)27(34,35)36)25(40(42)43,41(44)45)21(29)22(24(20,30)14-37-16-8-2-1-3-9-16)38-17-10-6-7-15(13-17)26(31,32)33;16-21(11-20-12-4-2-1-3-5-12)14-6-7-15(9-17,10-18)8-13(14)19;14-12-11(15)7-6-9(13(12,17(19)20)18(21)22)8-16-10-4-2-1-3-5-10/h1-13,37-39H,14H2;1-7,20H,8,11,19H2;1-7,9,16H,8,15H2. The average molecular weight is 1320 g/mol. The molecule has 3 aliphatic rings. The van der Waals surface area contributed by atoms with Crippen LogP contribution in [0.3, 0.4) is 0 Å². The van der Waals surface area contributed by atoms with E-state index in [1.807, 2.05) is 48.5 Å². The number of para-hydroxylation sites is 4. The molecule has 5 aromatic rings. The van der Waals surface area contributed by atoms with Crippen LogP contribution in [-0.4, -0.2) is 60.1 Å². The smallest absolute Gasteiger partial charge is 0.400 e. The van der Waals surface area contributed by atoms with E-state index in [1.54, 1.807) is 60.7 Å². The maximum Gasteiger partial charge on any atom is 0.537 e. The molecule has 0 aromatic heterocycles. The molecule has 33 heteroatoms. The molecular formula is C55H45Cl5F6N14O8. The maximum absolute atomic E-state index is 13.8. The Bertz CT molecular complexity index is 3700. The Balaban J connectivity index is 0.000000238. The highest BCUT2D eigenvalue weighted by atomic mass is 35.5. The normalized spacial score (nSPS) is 18.2. The second-order valence-electron chi connectivity index (χ2n) is 18.9. The molecular weight excluding hydrogens is 1280 g/mol. The number of halogens is 11. The first kappa shape index (κ1) is 67.7. The molecule has 0 saturated carbocycles. The largest absolute Gasteiger partial charge is 0.537 e. The van der Waals surface area contributed by atoms with E-state index in [0.717, 1.165) is 42.1 Å². The lowest BCUT2D eigenvalue weighted by Gasteiger charge is -2.38. The molecule has 2 atom stereocenters. The minimum absolute atomic E-state index is 0.0357. The van der Waals surface area contributed by atoms with Crippen molar-refractivity contribution < 1.29 is 46.0 Å². The molecule has 460 valence electrons. The first-order valence-corrected chi connectivity index (χ1v) is 26.9. The van der Waals surface area contributed by atoms with Gasteiger partial charge in [-0.2, -0.15) is 36.9 Å². The van der Waals surface area contributed by atoms with Crippen LogP contribution in [0.1, 0.15) is 17.5 Å². The Hall–Kier alpha value is -9.45. The number of benzene rings is 5. The van der Waals surface area contributed by atoms with Gasteiger partial charge in [-0.05, 0) is 85.0 Å². The van der Waals surface area contributed by atoms with Crippen LogP contribution in [-0.2, 0) is 12.4 Å². The minimum atomic E-state index is -5.03. The molecule has 0 heterocycles. The summed E-state index contributed by atoms with van der Waals surface area (Å²) >= 11 is 32.1. The van der Waals surface area contributed by atoms with Crippen molar-refractivity contribution in [3.8, 4) is 12.1 Å². The molecule has 5 aromatic carbocycles. The number of nitrogens with one attached hydrogen (secondary N) is 5. The zero-order valence-electron chi connectivity index (χ0n) is 44.7. The fraction of sp³-hybridized carbons (Fsp3) is 0.200. The molecule has 0 spiro atoms. The summed E-state index contributed by atoms with van der Waals surface area (Å²) in [4.78, 5) is 40.6. The summed E-state index contributed by atoms with van der Waals surface area (Å²) in [6.45, 7) is -0.267. The zero-order chi connectivity index (χ0) is 65.0. The van der Waals surface area contributed by atoms with Gasteiger partial charge in [0, 0.05) is 59.7 Å². The van der Waals surface area contributed by atoms with E-state index in [-0.39, 0.29) is 18.7 Å². The van der Waals surface area contributed by atoms with E-state index in [9.17, 15) is 66.8 Å². The molecule has 22 nitrogen and oxygen atoms in total. The fourth-order valence-corrected chi connectivity index (χ4v) is 10.5. The van der Waals surface area contributed by atoms with Crippen molar-refractivity contribution in [1.82, 2.24) is 4.42 Å². The third-order valence-corrected chi connectivity index (χ3v) is 15.6. The number of nitrogens with zero attached hydrogens (tertiary/aromatic N) is 7. The van der Waals surface area contributed by atoms with Gasteiger partial charge in [-0.15, -0.1) is 11.6 Å². The number of rotatable bonds is 18. The number of anilines is 5. The third kappa shape index (κ3) is 14.5. The lowest BCUT2D eigenvalue weighted by molar-refractivity contribution is -0.789. The van der Waals surface area contributed by atoms with Gasteiger partial charge >= 0.3 is 23.7 Å². The molecule has 9 N–H and O–H groups in total. The summed E-state index contributed by atoms with van der Waals surface area (Å²) in [5.41, 5.74) is 0.864. The van der Waals surface area contributed by atoms with Gasteiger partial charge in [-0.25, -0.2) is 0 Å². The van der Waals surface area contributed by atoms with Crippen molar-refractivity contribution in [2.45, 2.75) is 35.0 Å². The molecule has 0 bridgehead atoms. The van der Waals surface area contributed by atoms with Crippen molar-refractivity contribution in [3.05, 3.63) is 259 Å². The minimum Gasteiger partial charge on any atom is -0.400 e. The van der Waals surface area contributed by atoms with Crippen LogP contribution >= 0.6 is 58.2 Å². The molecule has 0 fully saturated rings. The number of nitriles is 2. The summed E-state index contributed by atoms with van der Waals surface area (Å²) in [7, 11) is 0. The third-order valence-electron chi connectivity index (χ3n) is 13.3. The summed E-state index contributed by atoms with van der Waals surface area (Å²) in [5, 5.41) is 76.8. The van der Waals surface area contributed by atoms with Gasteiger partial charge in [0.2, 0.25) is 5.03 Å². The van der Waals surface area contributed by atoms with E-state index < -0.39 is 115 Å². The quantitative estimate of drug-likeness (QED) is 0.0107. The molecule has 0 aliphatic heterocycles. The van der Waals surface area contributed by atoms with Crippen molar-refractivity contribution in [1.29, 1.82) is 10.5 Å². The fourth-order valence-electron chi connectivity index (χ4n) is 8.75. The highest BCUT2D eigenvalue weighted by Gasteiger charge is 2.71. The van der Waals surface area contributed by atoms with Gasteiger partial charge in [0.1, 0.15) is 37.2 Å². The Kier molecular flexibility index (Phi) is 21.5. The number of allylic oxidation sites excluding steroid dienone is 4. The van der Waals surface area contributed by atoms with Gasteiger partial charge in [0.25, 0.3) is 0 Å². The summed E-state index contributed by atoms with van der Waals surface area (Å²) in [5.74, 6) is -1.09. The van der Waals surface area contributed by atoms with Gasteiger partial charge in [0.15, 0.2) is 16.1 Å². The predicted octanol–water partition coefficient (Wildman–Crippen LogP) is 13.1. The second kappa shape index (κ2) is 27.9. The lowest BCUT2D eigenvalue weighted by atomic mass is 9.82. The average Bonchev–Trinajstić information content (AvgIpc) is 0.748. The Labute approximate surface area is 520 Å². The van der Waals surface area contributed by atoms with E-state index in [4.69, 9.17) is 80.2 Å². The molecule has 0 saturated heterocycles. The van der Waals surface area contributed by atoms with Crippen LogP contribution < -0.4 is 38.1 Å². The van der Waals surface area contributed by atoms with E-state index in [1.165, 1.54) is 22.6 Å². The van der Waals surface area contributed by atoms with Gasteiger partial charge in [0.05, 0.1) is 51.1 Å². The van der Waals surface area contributed by atoms with Crippen LogP contribution in [0.2, 0.25) is 0 Å². The zero-order valence-corrected chi connectivity index (χ0v) is 48.5. The predicted molar refractivity (Wildman–Crippen MR) is 319 cm³/mol. The van der Waals surface area contributed by atoms with Gasteiger partial charge in [-0.3, -0.25) is 44.9 Å². The van der Waals surface area contributed by atoms with Crippen molar-refractivity contribution in [2.75, 3.05) is 46.3 Å². The molecule has 8 rings (SSSR count). The number of nitro groups is 4. The first-order valence-electron chi connectivity index (χ1n) is 25.0. The topological polar surface area (TPSA) is 336 Å².